The number of aromatic nitrogens is 1. The number of aliphatic hydroxyl groups excluding tert-OH is 4. The van der Waals surface area contributed by atoms with E-state index in [9.17, 15) is 25.2 Å². The van der Waals surface area contributed by atoms with Crippen LogP contribution in [0.2, 0.25) is 0 Å². The summed E-state index contributed by atoms with van der Waals surface area (Å²) in [4.78, 5) is 16.9. The highest BCUT2D eigenvalue weighted by Crippen LogP contribution is 2.26. The number of benzene rings is 1. The van der Waals surface area contributed by atoms with Gasteiger partial charge >= 0.3 is 0 Å². The first-order chi connectivity index (χ1) is 12.9. The molecule has 0 spiro atoms. The minimum Gasteiger partial charge on any atom is -0.394 e. The predicted octanol–water partition coefficient (Wildman–Crippen LogP) is -0.542. The summed E-state index contributed by atoms with van der Waals surface area (Å²) < 4.78 is 5.34. The number of hydrogen-bond acceptors (Lipinski definition) is 10. The molecule has 5 N–H and O–H groups in total. The van der Waals surface area contributed by atoms with E-state index in [2.05, 4.69) is 10.3 Å². The molecular formula is C17H17N3O6S. The van der Waals surface area contributed by atoms with Crippen molar-refractivity contribution in [3.8, 4) is 6.07 Å². The van der Waals surface area contributed by atoms with Crippen LogP contribution in [0.4, 0.5) is 5.13 Å². The zero-order chi connectivity index (χ0) is 19.6. The molecule has 1 fully saturated rings. The lowest BCUT2D eigenvalue weighted by Gasteiger charge is -2.40. The Morgan fingerprint density at radius 3 is 2.56 bits per heavy atom. The third-order valence-electron chi connectivity index (χ3n) is 4.16. The standard InChI is InChI=1S/C17H17N3O6S/c18-5-8-1-3-9(4-2-8)12(22)11-6-19-17(27-11)20-16-15(25)14(24)13(23)10(7-21)26-16/h1-4,6,10,13-16,21,23-25H,7H2,(H,19,20)/t10-,13-,14+,15+,16-/m1/s1. The maximum Gasteiger partial charge on any atom is 0.204 e. The number of carbonyl (C=O) groups is 1. The summed E-state index contributed by atoms with van der Waals surface area (Å²) in [6.07, 6.45) is -5.21. The topological polar surface area (TPSA) is 156 Å². The van der Waals surface area contributed by atoms with Gasteiger partial charge in [-0.2, -0.15) is 5.26 Å². The van der Waals surface area contributed by atoms with E-state index in [1.165, 1.54) is 6.20 Å². The van der Waals surface area contributed by atoms with Crippen LogP contribution in [0.5, 0.6) is 0 Å². The quantitative estimate of drug-likeness (QED) is 0.422. The van der Waals surface area contributed by atoms with E-state index in [1.807, 2.05) is 6.07 Å². The number of hydrogen-bond donors (Lipinski definition) is 5. The Hall–Kier alpha value is -2.39. The minimum absolute atomic E-state index is 0.260. The molecule has 142 valence electrons. The highest BCUT2D eigenvalue weighted by atomic mass is 32.1. The lowest BCUT2D eigenvalue weighted by atomic mass is 9.98. The van der Waals surface area contributed by atoms with E-state index < -0.39 is 37.3 Å². The van der Waals surface area contributed by atoms with E-state index in [-0.39, 0.29) is 10.9 Å². The van der Waals surface area contributed by atoms with Crippen molar-refractivity contribution in [1.82, 2.24) is 4.98 Å². The summed E-state index contributed by atoms with van der Waals surface area (Å²) in [5.74, 6) is -0.279. The van der Waals surface area contributed by atoms with Gasteiger partial charge in [-0.25, -0.2) is 4.98 Å². The van der Waals surface area contributed by atoms with Gasteiger partial charge in [0.15, 0.2) is 11.4 Å². The van der Waals surface area contributed by atoms with E-state index >= 15 is 0 Å². The fourth-order valence-electron chi connectivity index (χ4n) is 2.63. The number of ketones is 1. The van der Waals surface area contributed by atoms with Crippen molar-refractivity contribution in [1.29, 1.82) is 5.26 Å². The number of nitriles is 1. The van der Waals surface area contributed by atoms with Gasteiger partial charge in [0, 0.05) is 5.56 Å². The van der Waals surface area contributed by atoms with Crippen LogP contribution in [0.3, 0.4) is 0 Å². The van der Waals surface area contributed by atoms with Gasteiger partial charge in [-0.15, -0.1) is 0 Å². The Labute approximate surface area is 158 Å². The first kappa shape index (κ1) is 19.4. The van der Waals surface area contributed by atoms with Crippen LogP contribution in [0.1, 0.15) is 20.8 Å². The van der Waals surface area contributed by atoms with Gasteiger partial charge in [-0.05, 0) is 24.3 Å². The maximum absolute atomic E-state index is 12.5. The molecular weight excluding hydrogens is 374 g/mol. The first-order valence-electron chi connectivity index (χ1n) is 8.02. The number of ether oxygens (including phenoxy) is 1. The van der Waals surface area contributed by atoms with Crippen molar-refractivity contribution >= 4 is 22.3 Å². The molecule has 3 rings (SSSR count). The zero-order valence-electron chi connectivity index (χ0n) is 13.9. The molecule has 0 amide bonds. The van der Waals surface area contributed by atoms with Crippen molar-refractivity contribution < 1.29 is 30.0 Å². The Kier molecular flexibility index (Phi) is 5.81. The number of rotatable bonds is 5. The lowest BCUT2D eigenvalue weighted by molar-refractivity contribution is -0.221. The number of anilines is 1. The fourth-order valence-corrected chi connectivity index (χ4v) is 3.43. The number of aliphatic hydroxyl groups is 4. The SMILES string of the molecule is N#Cc1ccc(C(=O)c2cnc(N[C@@H]3O[C@H](CO)[C@@H](O)[C@H](O)[C@@H]3O)s2)cc1. The lowest BCUT2D eigenvalue weighted by Crippen LogP contribution is -2.60. The van der Waals surface area contributed by atoms with Crippen molar-refractivity contribution in [2.24, 2.45) is 0 Å². The summed E-state index contributed by atoms with van der Waals surface area (Å²) in [6, 6.07) is 8.16. The van der Waals surface area contributed by atoms with Crippen LogP contribution in [-0.4, -0.2) is 68.4 Å². The monoisotopic (exact) mass is 391 g/mol. The zero-order valence-corrected chi connectivity index (χ0v) is 14.7. The van der Waals surface area contributed by atoms with E-state index in [0.717, 1.165) is 11.3 Å². The van der Waals surface area contributed by atoms with Gasteiger partial charge in [-0.3, -0.25) is 4.79 Å². The minimum atomic E-state index is -1.51. The van der Waals surface area contributed by atoms with Crippen LogP contribution in [0, 0.1) is 11.3 Å². The van der Waals surface area contributed by atoms with E-state index in [1.54, 1.807) is 24.3 Å². The smallest absolute Gasteiger partial charge is 0.204 e. The largest absolute Gasteiger partial charge is 0.394 e. The molecule has 1 aromatic heterocycles. The van der Waals surface area contributed by atoms with Crippen molar-refractivity contribution in [3.63, 3.8) is 0 Å². The van der Waals surface area contributed by atoms with Gasteiger partial charge in [0.2, 0.25) is 5.78 Å². The highest BCUT2D eigenvalue weighted by molar-refractivity contribution is 7.17. The van der Waals surface area contributed by atoms with E-state index in [0.29, 0.717) is 16.0 Å². The van der Waals surface area contributed by atoms with Crippen LogP contribution in [-0.2, 0) is 4.74 Å². The normalized spacial score (nSPS) is 27.7. The summed E-state index contributed by atoms with van der Waals surface area (Å²) in [5.41, 5.74) is 0.845. The number of thiazole rings is 1. The van der Waals surface area contributed by atoms with Crippen LogP contribution in [0.25, 0.3) is 0 Å². The molecule has 0 radical (unpaired) electrons. The van der Waals surface area contributed by atoms with Gasteiger partial charge in [0.05, 0.1) is 29.3 Å². The van der Waals surface area contributed by atoms with Crippen LogP contribution in [0.15, 0.2) is 30.5 Å². The van der Waals surface area contributed by atoms with Gasteiger partial charge in [0.25, 0.3) is 0 Å². The fraction of sp³-hybridized carbons (Fsp3) is 0.353. The molecule has 1 aliphatic rings. The van der Waals surface area contributed by atoms with Crippen molar-refractivity contribution in [3.05, 3.63) is 46.5 Å². The molecule has 2 heterocycles. The number of carbonyl (C=O) groups excluding carboxylic acids is 1. The molecule has 0 aliphatic carbocycles. The van der Waals surface area contributed by atoms with Gasteiger partial charge in [-0.1, -0.05) is 11.3 Å². The molecule has 27 heavy (non-hydrogen) atoms. The molecule has 2 aromatic rings. The summed E-state index contributed by atoms with van der Waals surface area (Å²) >= 11 is 1.02. The van der Waals surface area contributed by atoms with Gasteiger partial charge < -0.3 is 30.5 Å². The second kappa shape index (κ2) is 8.10. The molecule has 1 aromatic carbocycles. The molecule has 10 heteroatoms. The second-order valence-electron chi connectivity index (χ2n) is 5.94. The first-order valence-corrected chi connectivity index (χ1v) is 8.84. The molecule has 5 atom stereocenters. The molecule has 9 nitrogen and oxygen atoms in total. The Morgan fingerprint density at radius 1 is 1.22 bits per heavy atom. The Morgan fingerprint density at radius 2 is 1.93 bits per heavy atom. The van der Waals surface area contributed by atoms with Crippen LogP contribution < -0.4 is 5.32 Å². The van der Waals surface area contributed by atoms with E-state index in [4.69, 9.17) is 10.00 Å². The van der Waals surface area contributed by atoms with Gasteiger partial charge in [0.1, 0.15) is 24.4 Å². The number of nitrogens with one attached hydrogen (secondary N) is 1. The van der Waals surface area contributed by atoms with Crippen LogP contribution >= 0.6 is 11.3 Å². The Balaban J connectivity index is 1.71. The summed E-state index contributed by atoms with van der Waals surface area (Å²) in [5, 5.41) is 50.6. The average Bonchev–Trinajstić information content (AvgIpc) is 3.16. The number of nitrogens with zero attached hydrogens (tertiary/aromatic N) is 2. The third-order valence-corrected chi connectivity index (χ3v) is 5.09. The molecule has 0 bridgehead atoms. The van der Waals surface area contributed by atoms with Crippen molar-refractivity contribution in [2.45, 2.75) is 30.6 Å². The highest BCUT2D eigenvalue weighted by Gasteiger charge is 2.43. The molecule has 0 saturated carbocycles. The third kappa shape index (κ3) is 3.98. The maximum atomic E-state index is 12.5. The average molecular weight is 391 g/mol. The molecule has 1 saturated heterocycles. The molecule has 1 aliphatic heterocycles. The van der Waals surface area contributed by atoms with Crippen molar-refractivity contribution in [2.75, 3.05) is 11.9 Å². The predicted molar refractivity (Wildman–Crippen MR) is 94.1 cm³/mol. The summed E-state index contributed by atoms with van der Waals surface area (Å²) in [7, 11) is 0. The summed E-state index contributed by atoms with van der Waals surface area (Å²) in [6.45, 7) is -0.538. The second-order valence-corrected chi connectivity index (χ2v) is 6.97. The Bertz CT molecular complexity index is 847. The molecule has 0 unspecified atom stereocenters.